The Balaban J connectivity index is 2.28. The van der Waals surface area contributed by atoms with Gasteiger partial charge < -0.3 is 14.5 Å². The lowest BCUT2D eigenvalue weighted by molar-refractivity contribution is 0.0759. The molecular weight excluding hydrogens is 190 g/mol. The van der Waals surface area contributed by atoms with E-state index >= 15 is 0 Å². The third-order valence-electron chi connectivity index (χ3n) is 2.34. The highest BCUT2D eigenvalue weighted by atomic mass is 16.5. The first-order chi connectivity index (χ1) is 7.13. The van der Waals surface area contributed by atoms with E-state index < -0.39 is 0 Å². The van der Waals surface area contributed by atoms with Gasteiger partial charge in [-0.3, -0.25) is 0 Å². The zero-order valence-corrected chi connectivity index (χ0v) is 10.1. The molecule has 1 rings (SSSR count). The van der Waals surface area contributed by atoms with Crippen molar-refractivity contribution in [2.24, 2.45) is 0 Å². The standard InChI is InChI=1S/C12H21NO2/c1-5-14-10(3)7-13-8-12-6-9(2)15-11(12)4/h6,10,13H,5,7-8H2,1-4H3. The van der Waals surface area contributed by atoms with Crippen molar-refractivity contribution in [2.75, 3.05) is 13.2 Å². The van der Waals surface area contributed by atoms with Crippen LogP contribution in [0.2, 0.25) is 0 Å². The molecule has 1 unspecified atom stereocenters. The average molecular weight is 211 g/mol. The molecule has 1 atom stereocenters. The lowest BCUT2D eigenvalue weighted by Crippen LogP contribution is -2.26. The maximum atomic E-state index is 5.45. The second kappa shape index (κ2) is 5.93. The summed E-state index contributed by atoms with van der Waals surface area (Å²) in [5.41, 5.74) is 1.23. The summed E-state index contributed by atoms with van der Waals surface area (Å²) in [7, 11) is 0. The highest BCUT2D eigenvalue weighted by molar-refractivity contribution is 5.19. The van der Waals surface area contributed by atoms with Gasteiger partial charge in [-0.05, 0) is 33.8 Å². The van der Waals surface area contributed by atoms with Crippen LogP contribution in [0.25, 0.3) is 0 Å². The summed E-state index contributed by atoms with van der Waals surface area (Å²) in [6, 6.07) is 2.08. The van der Waals surface area contributed by atoms with Gasteiger partial charge in [-0.1, -0.05) is 0 Å². The van der Waals surface area contributed by atoms with E-state index in [4.69, 9.17) is 9.15 Å². The van der Waals surface area contributed by atoms with Crippen molar-refractivity contribution in [3.63, 3.8) is 0 Å². The van der Waals surface area contributed by atoms with E-state index in [0.29, 0.717) is 0 Å². The minimum atomic E-state index is 0.267. The van der Waals surface area contributed by atoms with Crippen LogP contribution in [0.3, 0.4) is 0 Å². The molecule has 1 aromatic heterocycles. The quantitative estimate of drug-likeness (QED) is 0.784. The van der Waals surface area contributed by atoms with Gasteiger partial charge >= 0.3 is 0 Å². The molecule has 0 fully saturated rings. The van der Waals surface area contributed by atoms with Crippen molar-refractivity contribution in [3.8, 4) is 0 Å². The van der Waals surface area contributed by atoms with E-state index in [1.165, 1.54) is 5.56 Å². The minimum absolute atomic E-state index is 0.267. The van der Waals surface area contributed by atoms with Gasteiger partial charge in [0.1, 0.15) is 11.5 Å². The predicted molar refractivity (Wildman–Crippen MR) is 61.0 cm³/mol. The Morgan fingerprint density at radius 1 is 1.47 bits per heavy atom. The zero-order chi connectivity index (χ0) is 11.3. The summed E-state index contributed by atoms with van der Waals surface area (Å²) in [5.74, 6) is 1.98. The molecule has 0 bridgehead atoms. The summed E-state index contributed by atoms with van der Waals surface area (Å²) in [4.78, 5) is 0. The summed E-state index contributed by atoms with van der Waals surface area (Å²) in [6.45, 7) is 10.5. The van der Waals surface area contributed by atoms with Gasteiger partial charge in [0.2, 0.25) is 0 Å². The molecule has 3 heteroatoms. The fraction of sp³-hybridized carbons (Fsp3) is 0.667. The number of aryl methyl sites for hydroxylation is 2. The number of ether oxygens (including phenoxy) is 1. The molecule has 0 amide bonds. The van der Waals surface area contributed by atoms with Crippen LogP contribution in [0.5, 0.6) is 0 Å². The summed E-state index contributed by atoms with van der Waals surface area (Å²) in [6.07, 6.45) is 0.267. The van der Waals surface area contributed by atoms with Crippen LogP contribution in [-0.4, -0.2) is 19.3 Å². The number of furan rings is 1. The van der Waals surface area contributed by atoms with Gasteiger partial charge in [0, 0.05) is 25.3 Å². The van der Waals surface area contributed by atoms with Crippen LogP contribution in [-0.2, 0) is 11.3 Å². The smallest absolute Gasteiger partial charge is 0.105 e. The molecule has 1 N–H and O–H groups in total. The number of rotatable bonds is 6. The molecule has 0 aliphatic carbocycles. The number of hydrogen-bond acceptors (Lipinski definition) is 3. The molecule has 1 aromatic rings. The van der Waals surface area contributed by atoms with Crippen molar-refractivity contribution in [1.82, 2.24) is 5.32 Å². The van der Waals surface area contributed by atoms with Gasteiger partial charge in [-0.15, -0.1) is 0 Å². The Kier molecular flexibility index (Phi) is 4.85. The summed E-state index contributed by atoms with van der Waals surface area (Å²) >= 11 is 0. The Morgan fingerprint density at radius 2 is 2.20 bits per heavy atom. The first-order valence-corrected chi connectivity index (χ1v) is 5.51. The predicted octanol–water partition coefficient (Wildman–Crippen LogP) is 2.41. The average Bonchev–Trinajstić information content (AvgIpc) is 2.46. The largest absolute Gasteiger partial charge is 0.466 e. The first kappa shape index (κ1) is 12.3. The van der Waals surface area contributed by atoms with Crippen LogP contribution < -0.4 is 5.32 Å². The number of hydrogen-bond donors (Lipinski definition) is 1. The zero-order valence-electron chi connectivity index (χ0n) is 10.1. The van der Waals surface area contributed by atoms with Crippen molar-refractivity contribution >= 4 is 0 Å². The Labute approximate surface area is 91.8 Å². The van der Waals surface area contributed by atoms with Crippen LogP contribution in [0.15, 0.2) is 10.5 Å². The van der Waals surface area contributed by atoms with E-state index in [1.807, 2.05) is 20.8 Å². The van der Waals surface area contributed by atoms with E-state index in [0.717, 1.165) is 31.2 Å². The maximum absolute atomic E-state index is 5.45. The molecule has 15 heavy (non-hydrogen) atoms. The molecule has 1 heterocycles. The van der Waals surface area contributed by atoms with Crippen molar-refractivity contribution in [2.45, 2.75) is 40.3 Å². The van der Waals surface area contributed by atoms with Gasteiger partial charge in [0.15, 0.2) is 0 Å². The maximum Gasteiger partial charge on any atom is 0.105 e. The molecule has 86 valence electrons. The van der Waals surface area contributed by atoms with Crippen LogP contribution in [0, 0.1) is 13.8 Å². The second-order valence-corrected chi connectivity index (χ2v) is 3.84. The lowest BCUT2D eigenvalue weighted by Gasteiger charge is -2.11. The minimum Gasteiger partial charge on any atom is -0.466 e. The molecule has 3 nitrogen and oxygen atoms in total. The molecule has 0 spiro atoms. The first-order valence-electron chi connectivity index (χ1n) is 5.51. The monoisotopic (exact) mass is 211 g/mol. The van der Waals surface area contributed by atoms with E-state index in [1.54, 1.807) is 0 Å². The summed E-state index contributed by atoms with van der Waals surface area (Å²) < 4.78 is 10.9. The third kappa shape index (κ3) is 4.06. The normalized spacial score (nSPS) is 13.1. The van der Waals surface area contributed by atoms with Crippen LogP contribution >= 0.6 is 0 Å². The highest BCUT2D eigenvalue weighted by Crippen LogP contribution is 2.12. The SMILES string of the molecule is CCOC(C)CNCc1cc(C)oc1C. The topological polar surface area (TPSA) is 34.4 Å². The van der Waals surface area contributed by atoms with E-state index in [2.05, 4.69) is 18.3 Å². The van der Waals surface area contributed by atoms with Crippen molar-refractivity contribution in [1.29, 1.82) is 0 Å². The molecule has 0 saturated carbocycles. The van der Waals surface area contributed by atoms with Crippen LogP contribution in [0.4, 0.5) is 0 Å². The molecule has 0 aromatic carbocycles. The van der Waals surface area contributed by atoms with Crippen molar-refractivity contribution < 1.29 is 9.15 Å². The fourth-order valence-corrected chi connectivity index (χ4v) is 1.61. The third-order valence-corrected chi connectivity index (χ3v) is 2.34. The molecule has 0 aliphatic rings. The van der Waals surface area contributed by atoms with E-state index in [-0.39, 0.29) is 6.10 Å². The summed E-state index contributed by atoms with van der Waals surface area (Å²) in [5, 5.41) is 3.36. The van der Waals surface area contributed by atoms with Crippen LogP contribution in [0.1, 0.15) is 30.9 Å². The Bertz CT molecular complexity index is 294. The fourth-order valence-electron chi connectivity index (χ4n) is 1.61. The number of nitrogens with one attached hydrogen (secondary N) is 1. The van der Waals surface area contributed by atoms with Crippen molar-refractivity contribution in [3.05, 3.63) is 23.2 Å². The van der Waals surface area contributed by atoms with Gasteiger partial charge in [0.25, 0.3) is 0 Å². The lowest BCUT2D eigenvalue weighted by atomic mass is 10.2. The van der Waals surface area contributed by atoms with Gasteiger partial charge in [0.05, 0.1) is 6.10 Å². The molecule has 0 saturated heterocycles. The Hall–Kier alpha value is -0.800. The molecular formula is C12H21NO2. The second-order valence-electron chi connectivity index (χ2n) is 3.84. The van der Waals surface area contributed by atoms with Gasteiger partial charge in [-0.2, -0.15) is 0 Å². The molecule has 0 radical (unpaired) electrons. The van der Waals surface area contributed by atoms with E-state index in [9.17, 15) is 0 Å². The van der Waals surface area contributed by atoms with Gasteiger partial charge in [-0.25, -0.2) is 0 Å². The Morgan fingerprint density at radius 3 is 2.73 bits per heavy atom. The highest BCUT2D eigenvalue weighted by Gasteiger charge is 2.05. The molecule has 0 aliphatic heterocycles.